The maximum atomic E-state index is 10.5. The number of hydrogen-bond donors (Lipinski definition) is 1. The first-order valence-electron chi connectivity index (χ1n) is 9.57. The number of aliphatic hydroxyl groups excluding tert-OH is 1. The fourth-order valence-electron chi connectivity index (χ4n) is 5.84. The molecule has 1 N–H and O–H groups in total. The van der Waals surface area contributed by atoms with Crippen molar-refractivity contribution in [1.29, 1.82) is 0 Å². The summed E-state index contributed by atoms with van der Waals surface area (Å²) in [6.45, 7) is 5.31. The van der Waals surface area contributed by atoms with Gasteiger partial charge in [-0.2, -0.15) is 0 Å². The van der Waals surface area contributed by atoms with Gasteiger partial charge >= 0.3 is 0 Å². The molecule has 1 aromatic rings. The van der Waals surface area contributed by atoms with Crippen molar-refractivity contribution < 1.29 is 9.84 Å². The van der Waals surface area contributed by atoms with E-state index in [0.29, 0.717) is 5.92 Å². The third kappa shape index (κ3) is 2.41. The van der Waals surface area contributed by atoms with Gasteiger partial charge in [0.1, 0.15) is 5.75 Å². The van der Waals surface area contributed by atoms with Crippen molar-refractivity contribution in [3.8, 4) is 5.75 Å². The third-order valence-electron chi connectivity index (χ3n) is 7.12. The van der Waals surface area contributed by atoms with Gasteiger partial charge in [-0.25, -0.2) is 0 Å². The Kier molecular flexibility index (Phi) is 3.91. The van der Waals surface area contributed by atoms with Crippen LogP contribution in [0.25, 0.3) is 0 Å². The van der Waals surface area contributed by atoms with E-state index in [-0.39, 0.29) is 11.5 Å². The highest BCUT2D eigenvalue weighted by atomic mass is 16.5. The smallest absolute Gasteiger partial charge is 0.119 e. The molecule has 4 rings (SSSR count). The lowest BCUT2D eigenvalue weighted by atomic mass is 9.55. The highest BCUT2D eigenvalue weighted by Gasteiger charge is 2.54. The molecule has 2 nitrogen and oxygen atoms in total. The molecule has 0 saturated heterocycles. The van der Waals surface area contributed by atoms with Gasteiger partial charge in [0.25, 0.3) is 0 Å². The summed E-state index contributed by atoms with van der Waals surface area (Å²) in [6.07, 6.45) is 8.14. The van der Waals surface area contributed by atoms with Crippen molar-refractivity contribution in [1.82, 2.24) is 0 Å². The molecule has 0 amide bonds. The molecule has 0 aromatic heterocycles. The summed E-state index contributed by atoms with van der Waals surface area (Å²) in [5.41, 5.74) is 3.28. The number of aryl methyl sites for hydroxylation is 1. The quantitative estimate of drug-likeness (QED) is 0.877. The second-order valence-corrected chi connectivity index (χ2v) is 8.26. The van der Waals surface area contributed by atoms with Crippen molar-refractivity contribution >= 4 is 0 Å². The summed E-state index contributed by atoms with van der Waals surface area (Å²) < 4.78 is 5.82. The molecule has 2 fully saturated rings. The van der Waals surface area contributed by atoms with Crippen LogP contribution in [0.4, 0.5) is 0 Å². The maximum absolute atomic E-state index is 10.5. The number of hydrogen-bond acceptors (Lipinski definition) is 2. The molecule has 0 heterocycles. The zero-order valence-electron chi connectivity index (χ0n) is 14.6. The lowest BCUT2D eigenvalue weighted by molar-refractivity contribution is -0.0226. The van der Waals surface area contributed by atoms with Crippen molar-refractivity contribution in [3.63, 3.8) is 0 Å². The Labute approximate surface area is 140 Å². The summed E-state index contributed by atoms with van der Waals surface area (Å²) in [5.74, 6) is 3.25. The molecule has 5 unspecified atom stereocenters. The Balaban J connectivity index is 1.60. The Morgan fingerprint density at radius 3 is 2.91 bits per heavy atom. The predicted octanol–water partition coefficient (Wildman–Crippen LogP) is 4.69. The van der Waals surface area contributed by atoms with Gasteiger partial charge in [-0.15, -0.1) is 0 Å². The minimum atomic E-state index is -0.0698. The second kappa shape index (κ2) is 5.81. The summed E-state index contributed by atoms with van der Waals surface area (Å²) in [7, 11) is 0. The molecule has 3 aliphatic carbocycles. The van der Waals surface area contributed by atoms with Gasteiger partial charge in [0, 0.05) is 0 Å². The molecule has 23 heavy (non-hydrogen) atoms. The van der Waals surface area contributed by atoms with E-state index in [9.17, 15) is 5.11 Å². The van der Waals surface area contributed by atoms with Crippen LogP contribution in [0.2, 0.25) is 0 Å². The Morgan fingerprint density at radius 2 is 2.09 bits per heavy atom. The zero-order valence-corrected chi connectivity index (χ0v) is 14.6. The molecule has 1 aromatic carbocycles. The van der Waals surface area contributed by atoms with Crippen LogP contribution in [-0.4, -0.2) is 17.8 Å². The van der Waals surface area contributed by atoms with Crippen LogP contribution in [0.15, 0.2) is 18.2 Å². The fourth-order valence-corrected chi connectivity index (χ4v) is 5.84. The van der Waals surface area contributed by atoms with Crippen molar-refractivity contribution in [2.75, 3.05) is 6.61 Å². The van der Waals surface area contributed by atoms with Gasteiger partial charge in [-0.05, 0) is 91.4 Å². The topological polar surface area (TPSA) is 29.5 Å². The molecule has 3 aliphatic rings. The first-order valence-corrected chi connectivity index (χ1v) is 9.57. The predicted molar refractivity (Wildman–Crippen MR) is 92.9 cm³/mol. The van der Waals surface area contributed by atoms with Crippen LogP contribution in [0, 0.1) is 17.3 Å². The fraction of sp³-hybridized carbons (Fsp3) is 0.714. The van der Waals surface area contributed by atoms with Gasteiger partial charge in [0.15, 0.2) is 0 Å². The van der Waals surface area contributed by atoms with E-state index in [1.165, 1.54) is 37.7 Å². The first kappa shape index (κ1) is 15.5. The lowest BCUT2D eigenvalue weighted by Crippen LogP contribution is -2.43. The minimum Gasteiger partial charge on any atom is -0.494 e. The van der Waals surface area contributed by atoms with E-state index in [1.807, 2.05) is 0 Å². The van der Waals surface area contributed by atoms with Crippen LogP contribution in [0.3, 0.4) is 0 Å². The zero-order chi connectivity index (χ0) is 16.0. The van der Waals surface area contributed by atoms with E-state index in [1.54, 1.807) is 5.56 Å². The van der Waals surface area contributed by atoms with E-state index in [0.717, 1.165) is 37.0 Å². The van der Waals surface area contributed by atoms with Crippen LogP contribution in [0.1, 0.15) is 69.4 Å². The van der Waals surface area contributed by atoms with E-state index < -0.39 is 0 Å². The van der Waals surface area contributed by atoms with Crippen LogP contribution >= 0.6 is 0 Å². The van der Waals surface area contributed by atoms with Gasteiger partial charge in [-0.1, -0.05) is 19.9 Å². The normalized spacial score (nSPS) is 38.6. The van der Waals surface area contributed by atoms with E-state index >= 15 is 0 Å². The van der Waals surface area contributed by atoms with Gasteiger partial charge in [0.2, 0.25) is 0 Å². The highest BCUT2D eigenvalue weighted by molar-refractivity contribution is 5.40. The summed E-state index contributed by atoms with van der Waals surface area (Å²) >= 11 is 0. The van der Waals surface area contributed by atoms with E-state index in [4.69, 9.17) is 4.74 Å². The molecule has 2 saturated carbocycles. The van der Waals surface area contributed by atoms with Gasteiger partial charge in [0.05, 0.1) is 12.7 Å². The van der Waals surface area contributed by atoms with Gasteiger partial charge < -0.3 is 9.84 Å². The monoisotopic (exact) mass is 314 g/mol. The van der Waals surface area contributed by atoms with Gasteiger partial charge in [-0.3, -0.25) is 0 Å². The largest absolute Gasteiger partial charge is 0.494 e. The first-order chi connectivity index (χ1) is 11.1. The Morgan fingerprint density at radius 1 is 1.22 bits per heavy atom. The van der Waals surface area contributed by atoms with Crippen molar-refractivity contribution in [3.05, 3.63) is 29.3 Å². The number of ether oxygens (including phenoxy) is 1. The van der Waals surface area contributed by atoms with E-state index in [2.05, 4.69) is 32.0 Å². The molecule has 2 heteroatoms. The molecule has 0 spiro atoms. The molecule has 0 aliphatic heterocycles. The van der Waals surface area contributed by atoms with Crippen molar-refractivity contribution in [2.24, 2.45) is 17.3 Å². The standard InChI is InChI=1S/C21H30O2/c1-3-12-23-15-5-7-16-14(13-15)4-6-18-17(16)10-11-21(2)19(18)8-9-20(21)22/h5,7,13,17-20,22H,3-4,6,8-12H2,1-2H3. The van der Waals surface area contributed by atoms with Crippen molar-refractivity contribution in [2.45, 2.75) is 70.8 Å². The lowest BCUT2D eigenvalue weighted by Gasteiger charge is -2.50. The Hall–Kier alpha value is -1.02. The number of aliphatic hydroxyl groups is 1. The molecular formula is C21H30O2. The number of fused-ring (bicyclic) bond motifs is 5. The molecule has 126 valence electrons. The average Bonchev–Trinajstić information content (AvgIpc) is 2.88. The van der Waals surface area contributed by atoms with Crippen LogP contribution < -0.4 is 4.74 Å². The Bertz CT molecular complexity index is 581. The summed E-state index contributed by atoms with van der Waals surface area (Å²) in [6, 6.07) is 6.80. The number of rotatable bonds is 3. The third-order valence-corrected chi connectivity index (χ3v) is 7.12. The summed E-state index contributed by atoms with van der Waals surface area (Å²) in [5, 5.41) is 10.5. The average molecular weight is 314 g/mol. The maximum Gasteiger partial charge on any atom is 0.119 e. The highest BCUT2D eigenvalue weighted by Crippen LogP contribution is 2.60. The summed E-state index contributed by atoms with van der Waals surface area (Å²) in [4.78, 5) is 0. The molecular weight excluding hydrogens is 284 g/mol. The SMILES string of the molecule is CCCOc1ccc2c(c1)CCC1C2CCC2(C)C(O)CCC12. The second-order valence-electron chi connectivity index (χ2n) is 8.26. The molecule has 0 radical (unpaired) electrons. The number of benzene rings is 1. The molecule has 5 atom stereocenters. The van der Waals surface area contributed by atoms with Crippen LogP contribution in [0.5, 0.6) is 5.75 Å². The van der Waals surface area contributed by atoms with Crippen LogP contribution in [-0.2, 0) is 6.42 Å². The minimum absolute atomic E-state index is 0.0698. The molecule has 0 bridgehead atoms.